The Labute approximate surface area is 94.1 Å². The van der Waals surface area contributed by atoms with E-state index in [-0.39, 0.29) is 9.76 Å². The van der Waals surface area contributed by atoms with E-state index in [0.717, 1.165) is 6.10 Å². The van der Waals surface area contributed by atoms with Crippen LogP contribution in [0.1, 0.15) is 30.9 Å². The molecule has 1 radical (unpaired) electrons. The monoisotopic (exact) mass is 217 g/mol. The Morgan fingerprint density at radius 3 is 2.93 bits per heavy atom. The van der Waals surface area contributed by atoms with Gasteiger partial charge in [0.1, 0.15) is 6.10 Å². The molecule has 1 aromatic rings. The van der Waals surface area contributed by atoms with Crippen molar-refractivity contribution in [2.75, 3.05) is 0 Å². The van der Waals surface area contributed by atoms with Gasteiger partial charge in [-0.2, -0.15) is 0 Å². The second kappa shape index (κ2) is 5.28. The van der Waals surface area contributed by atoms with Crippen molar-refractivity contribution >= 4 is 15.8 Å². The molecule has 0 aliphatic heterocycles. The van der Waals surface area contributed by atoms with E-state index in [9.17, 15) is 0 Å². The zero-order chi connectivity index (χ0) is 10.5. The molecule has 0 amide bonds. The van der Waals surface area contributed by atoms with Crippen molar-refractivity contribution in [3.05, 3.63) is 47.6 Å². The molecule has 2 heteroatoms. The van der Waals surface area contributed by atoms with E-state index >= 15 is 0 Å². The van der Waals surface area contributed by atoms with Crippen molar-refractivity contribution in [2.24, 2.45) is 0 Å². The van der Waals surface area contributed by atoms with Crippen LogP contribution in [-0.2, 0) is 4.43 Å². The zero-order valence-electron chi connectivity index (χ0n) is 9.20. The quantitative estimate of drug-likeness (QED) is 0.544. The molecule has 0 heterocycles. The molecule has 1 aromatic carbocycles. The minimum atomic E-state index is -0.357. The van der Waals surface area contributed by atoms with Gasteiger partial charge in [-0.15, -0.1) is 0 Å². The molecule has 15 heavy (non-hydrogen) atoms. The van der Waals surface area contributed by atoms with E-state index in [2.05, 4.69) is 43.3 Å². The number of rotatable bonds is 5. The van der Waals surface area contributed by atoms with Gasteiger partial charge < -0.3 is 4.43 Å². The van der Waals surface area contributed by atoms with Crippen LogP contribution in [0, 0.1) is 6.10 Å². The van der Waals surface area contributed by atoms with Gasteiger partial charge in [0.05, 0.1) is 0 Å². The largest absolute Gasteiger partial charge is 0.408 e. The first-order valence-electron chi connectivity index (χ1n) is 5.69. The molecule has 0 N–H and O–H groups in total. The lowest BCUT2D eigenvalue weighted by molar-refractivity contribution is 0.405. The summed E-state index contributed by atoms with van der Waals surface area (Å²) in [5, 5.41) is 0. The normalized spacial score (nSPS) is 15.3. The molecular formula is C13H17OSi. The maximum absolute atomic E-state index is 5.90. The van der Waals surface area contributed by atoms with Crippen molar-refractivity contribution in [3.63, 3.8) is 0 Å². The molecule has 0 spiro atoms. The fraction of sp³-hybridized carbons (Fsp3) is 0.308. The van der Waals surface area contributed by atoms with E-state index in [4.69, 9.17) is 4.43 Å². The van der Waals surface area contributed by atoms with Crippen LogP contribution in [0.15, 0.2) is 30.3 Å². The molecule has 0 fully saturated rings. The smallest absolute Gasteiger partial charge is 0.163 e. The van der Waals surface area contributed by atoms with E-state index < -0.39 is 0 Å². The molecule has 1 aliphatic carbocycles. The van der Waals surface area contributed by atoms with Gasteiger partial charge in [0.25, 0.3) is 0 Å². The SMILES string of the molecule is CCCC[SiH2]O[C]1C=Cc2ccccc21. The van der Waals surface area contributed by atoms with Crippen LogP contribution in [0.25, 0.3) is 6.08 Å². The summed E-state index contributed by atoms with van der Waals surface area (Å²) in [6.07, 6.45) is 7.92. The van der Waals surface area contributed by atoms with Crippen LogP contribution in [-0.4, -0.2) is 9.76 Å². The Morgan fingerprint density at radius 2 is 2.07 bits per heavy atom. The zero-order valence-corrected chi connectivity index (χ0v) is 10.6. The molecule has 0 bridgehead atoms. The number of benzene rings is 1. The molecule has 79 valence electrons. The number of unbranched alkanes of at least 4 members (excludes halogenated alkanes) is 1. The summed E-state index contributed by atoms with van der Waals surface area (Å²) in [5.74, 6) is 0. The first-order chi connectivity index (χ1) is 7.42. The summed E-state index contributed by atoms with van der Waals surface area (Å²) < 4.78 is 5.90. The summed E-state index contributed by atoms with van der Waals surface area (Å²) in [7, 11) is -0.357. The summed E-state index contributed by atoms with van der Waals surface area (Å²) in [6, 6.07) is 9.70. The second-order valence-corrected chi connectivity index (χ2v) is 5.24. The Morgan fingerprint density at radius 1 is 1.20 bits per heavy atom. The van der Waals surface area contributed by atoms with E-state index in [1.54, 1.807) is 0 Å². The summed E-state index contributed by atoms with van der Waals surface area (Å²) in [5.41, 5.74) is 2.55. The van der Waals surface area contributed by atoms with Gasteiger partial charge in [0.2, 0.25) is 0 Å². The third kappa shape index (κ3) is 2.58. The topological polar surface area (TPSA) is 9.23 Å². The molecule has 0 saturated heterocycles. The average Bonchev–Trinajstić information content (AvgIpc) is 2.68. The second-order valence-electron chi connectivity index (χ2n) is 3.84. The standard InChI is InChI=1S/C13H17OSi/c1-2-3-10-15-14-13-9-8-11-6-4-5-7-12(11)13/h4-9H,2-3,10,15H2,1H3. The van der Waals surface area contributed by atoms with Crippen molar-refractivity contribution in [1.82, 2.24) is 0 Å². The highest BCUT2D eigenvalue weighted by Crippen LogP contribution is 2.29. The van der Waals surface area contributed by atoms with Crippen LogP contribution in [0.3, 0.4) is 0 Å². The van der Waals surface area contributed by atoms with Gasteiger partial charge in [-0.1, -0.05) is 50.1 Å². The molecule has 1 nitrogen and oxygen atoms in total. The number of fused-ring (bicyclic) bond motifs is 1. The number of hydrogen-bond donors (Lipinski definition) is 0. The van der Waals surface area contributed by atoms with Crippen molar-refractivity contribution in [1.29, 1.82) is 0 Å². The Hall–Kier alpha value is -0.863. The van der Waals surface area contributed by atoms with Crippen molar-refractivity contribution in [3.8, 4) is 0 Å². The first kappa shape index (κ1) is 10.6. The predicted molar refractivity (Wildman–Crippen MR) is 67.2 cm³/mol. The highest BCUT2D eigenvalue weighted by Gasteiger charge is 2.17. The predicted octanol–water partition coefficient (Wildman–Crippen LogP) is 2.91. The lowest BCUT2D eigenvalue weighted by atomic mass is 10.1. The fourth-order valence-corrected chi connectivity index (χ4v) is 3.10. The van der Waals surface area contributed by atoms with Gasteiger partial charge >= 0.3 is 0 Å². The summed E-state index contributed by atoms with van der Waals surface area (Å²) in [4.78, 5) is 0. The van der Waals surface area contributed by atoms with Crippen LogP contribution in [0.5, 0.6) is 0 Å². The van der Waals surface area contributed by atoms with Gasteiger partial charge in [-0.25, -0.2) is 0 Å². The molecule has 2 rings (SSSR count). The molecule has 0 saturated carbocycles. The maximum Gasteiger partial charge on any atom is 0.163 e. The number of hydrogen-bond acceptors (Lipinski definition) is 1. The van der Waals surface area contributed by atoms with Gasteiger partial charge in [0.15, 0.2) is 9.76 Å². The fourth-order valence-electron chi connectivity index (χ4n) is 1.78. The molecule has 0 unspecified atom stereocenters. The van der Waals surface area contributed by atoms with Crippen molar-refractivity contribution < 1.29 is 4.43 Å². The Balaban J connectivity index is 1.88. The van der Waals surface area contributed by atoms with E-state index in [1.807, 2.05) is 0 Å². The molecular weight excluding hydrogens is 200 g/mol. The third-order valence-electron chi connectivity index (χ3n) is 2.65. The Bertz CT molecular complexity index is 346. The molecule has 0 atom stereocenters. The van der Waals surface area contributed by atoms with Crippen LogP contribution in [0.4, 0.5) is 0 Å². The highest BCUT2D eigenvalue weighted by molar-refractivity contribution is 6.27. The minimum Gasteiger partial charge on any atom is -0.408 e. The van der Waals surface area contributed by atoms with Gasteiger partial charge in [0, 0.05) is 0 Å². The van der Waals surface area contributed by atoms with Crippen molar-refractivity contribution in [2.45, 2.75) is 25.8 Å². The first-order valence-corrected chi connectivity index (χ1v) is 7.27. The lowest BCUT2D eigenvalue weighted by Gasteiger charge is -2.10. The Kier molecular flexibility index (Phi) is 3.75. The summed E-state index contributed by atoms with van der Waals surface area (Å²) in [6.45, 7) is 2.23. The van der Waals surface area contributed by atoms with Crippen LogP contribution < -0.4 is 0 Å². The lowest BCUT2D eigenvalue weighted by Crippen LogP contribution is -2.04. The van der Waals surface area contributed by atoms with Gasteiger partial charge in [-0.05, 0) is 23.2 Å². The maximum atomic E-state index is 5.90. The van der Waals surface area contributed by atoms with Gasteiger partial charge in [-0.3, -0.25) is 0 Å². The summed E-state index contributed by atoms with van der Waals surface area (Å²) >= 11 is 0. The van der Waals surface area contributed by atoms with Crippen LogP contribution >= 0.6 is 0 Å². The third-order valence-corrected chi connectivity index (χ3v) is 3.95. The minimum absolute atomic E-state index is 0.357. The highest BCUT2D eigenvalue weighted by atomic mass is 28.2. The van der Waals surface area contributed by atoms with E-state index in [0.29, 0.717) is 0 Å². The van der Waals surface area contributed by atoms with Crippen LogP contribution in [0.2, 0.25) is 6.04 Å². The van der Waals surface area contributed by atoms with E-state index in [1.165, 1.54) is 30.0 Å². The average molecular weight is 217 g/mol. The molecule has 0 aromatic heterocycles. The molecule has 1 aliphatic rings.